The van der Waals surface area contributed by atoms with Crippen molar-refractivity contribution < 1.29 is 8.42 Å². The normalized spacial score (nSPS) is 18.4. The monoisotopic (exact) mass is 391 g/mol. The lowest BCUT2D eigenvalue weighted by Crippen LogP contribution is -2.38. The SMILES string of the molecule is C=CC1CN(S(=O)(=O)c2ccc(C)cc2)Cc2c(Br)cccc21. The third kappa shape index (κ3) is 3.01. The molecule has 0 radical (unpaired) electrons. The fourth-order valence-corrected chi connectivity index (χ4v) is 4.83. The molecule has 2 aromatic carbocycles. The summed E-state index contributed by atoms with van der Waals surface area (Å²) in [6.07, 6.45) is 1.82. The molecular formula is C18H18BrNO2S. The van der Waals surface area contributed by atoms with Crippen LogP contribution in [0.1, 0.15) is 22.6 Å². The number of aryl methyl sites for hydroxylation is 1. The number of nitrogens with zero attached hydrogens (tertiary/aromatic N) is 1. The van der Waals surface area contributed by atoms with Crippen molar-refractivity contribution in [2.45, 2.75) is 24.3 Å². The summed E-state index contributed by atoms with van der Waals surface area (Å²) in [5.41, 5.74) is 3.20. The third-order valence-corrected chi connectivity index (χ3v) is 6.80. The molecule has 0 spiro atoms. The average Bonchev–Trinajstić information content (AvgIpc) is 2.54. The molecule has 0 saturated heterocycles. The first-order valence-electron chi connectivity index (χ1n) is 7.40. The van der Waals surface area contributed by atoms with E-state index in [2.05, 4.69) is 22.5 Å². The van der Waals surface area contributed by atoms with Gasteiger partial charge in [-0.25, -0.2) is 8.42 Å². The predicted molar refractivity (Wildman–Crippen MR) is 95.9 cm³/mol. The van der Waals surface area contributed by atoms with Crippen LogP contribution in [0.5, 0.6) is 0 Å². The molecule has 3 nitrogen and oxygen atoms in total. The number of hydrogen-bond acceptors (Lipinski definition) is 2. The Morgan fingerprint density at radius 1 is 1.22 bits per heavy atom. The van der Waals surface area contributed by atoms with Crippen LogP contribution in [-0.2, 0) is 16.6 Å². The van der Waals surface area contributed by atoms with Crippen LogP contribution in [0.2, 0.25) is 0 Å². The Balaban J connectivity index is 2.03. The van der Waals surface area contributed by atoms with Crippen molar-refractivity contribution in [3.8, 4) is 0 Å². The van der Waals surface area contributed by atoms with Gasteiger partial charge in [-0.1, -0.05) is 51.8 Å². The van der Waals surface area contributed by atoms with Gasteiger partial charge in [0, 0.05) is 23.5 Å². The summed E-state index contributed by atoms with van der Waals surface area (Å²) in [6.45, 7) is 6.61. The van der Waals surface area contributed by atoms with E-state index in [1.54, 1.807) is 12.1 Å². The molecule has 1 unspecified atom stereocenters. The molecule has 23 heavy (non-hydrogen) atoms. The van der Waals surface area contributed by atoms with Gasteiger partial charge in [-0.15, -0.1) is 6.58 Å². The van der Waals surface area contributed by atoms with Crippen LogP contribution < -0.4 is 0 Å². The van der Waals surface area contributed by atoms with Gasteiger partial charge in [0.25, 0.3) is 0 Å². The van der Waals surface area contributed by atoms with Crippen LogP contribution in [0, 0.1) is 6.92 Å². The molecule has 0 N–H and O–H groups in total. The molecule has 0 amide bonds. The molecule has 3 rings (SSSR count). The molecule has 1 heterocycles. The van der Waals surface area contributed by atoms with Crippen LogP contribution in [0.25, 0.3) is 0 Å². The second-order valence-corrected chi connectivity index (χ2v) is 8.55. The molecule has 1 aliphatic heterocycles. The van der Waals surface area contributed by atoms with Gasteiger partial charge >= 0.3 is 0 Å². The minimum absolute atomic E-state index is 0.00327. The number of hydrogen-bond donors (Lipinski definition) is 0. The van der Waals surface area contributed by atoms with Crippen LogP contribution in [0.15, 0.2) is 64.5 Å². The molecule has 5 heteroatoms. The van der Waals surface area contributed by atoms with E-state index in [-0.39, 0.29) is 5.92 Å². The van der Waals surface area contributed by atoms with Gasteiger partial charge in [0.15, 0.2) is 0 Å². The number of fused-ring (bicyclic) bond motifs is 1. The second-order valence-electron chi connectivity index (χ2n) is 5.76. The van der Waals surface area contributed by atoms with Crippen LogP contribution in [0.3, 0.4) is 0 Å². The lowest BCUT2D eigenvalue weighted by molar-refractivity contribution is 0.374. The van der Waals surface area contributed by atoms with Crippen molar-refractivity contribution in [2.75, 3.05) is 6.54 Å². The summed E-state index contributed by atoms with van der Waals surface area (Å²) in [6, 6.07) is 13.0. The van der Waals surface area contributed by atoms with Crippen LogP contribution >= 0.6 is 15.9 Å². The summed E-state index contributed by atoms with van der Waals surface area (Å²) in [5, 5.41) is 0. The van der Waals surface area contributed by atoms with E-state index in [1.165, 1.54) is 4.31 Å². The van der Waals surface area contributed by atoms with E-state index < -0.39 is 10.0 Å². The summed E-state index contributed by atoms with van der Waals surface area (Å²) < 4.78 is 28.4. The highest BCUT2D eigenvalue weighted by molar-refractivity contribution is 9.10. The first-order chi connectivity index (χ1) is 10.9. The zero-order chi connectivity index (χ0) is 16.6. The smallest absolute Gasteiger partial charge is 0.207 e. The minimum atomic E-state index is -3.52. The molecular weight excluding hydrogens is 374 g/mol. The van der Waals surface area contributed by atoms with Gasteiger partial charge in [0.2, 0.25) is 10.0 Å². The van der Waals surface area contributed by atoms with Gasteiger partial charge in [0.1, 0.15) is 0 Å². The average molecular weight is 392 g/mol. The third-order valence-electron chi connectivity index (χ3n) is 4.23. The lowest BCUT2D eigenvalue weighted by Gasteiger charge is -2.33. The fraction of sp³-hybridized carbons (Fsp3) is 0.222. The van der Waals surface area contributed by atoms with Crippen molar-refractivity contribution in [3.63, 3.8) is 0 Å². The zero-order valence-electron chi connectivity index (χ0n) is 12.9. The van der Waals surface area contributed by atoms with Gasteiger partial charge in [0.05, 0.1) is 4.90 Å². The van der Waals surface area contributed by atoms with Gasteiger partial charge in [-0.3, -0.25) is 0 Å². The maximum atomic E-state index is 13.0. The summed E-state index contributed by atoms with van der Waals surface area (Å²) in [5.74, 6) is -0.00327. The Hall–Kier alpha value is -1.43. The molecule has 2 aromatic rings. The molecule has 0 aromatic heterocycles. The van der Waals surface area contributed by atoms with Crippen molar-refractivity contribution >= 4 is 26.0 Å². The van der Waals surface area contributed by atoms with Crippen molar-refractivity contribution in [1.82, 2.24) is 4.31 Å². The molecule has 1 atom stereocenters. The lowest BCUT2D eigenvalue weighted by atomic mass is 9.91. The molecule has 0 fully saturated rings. The van der Waals surface area contributed by atoms with Crippen molar-refractivity contribution in [2.24, 2.45) is 0 Å². The Morgan fingerprint density at radius 2 is 1.91 bits per heavy atom. The predicted octanol–water partition coefficient (Wildman–Crippen LogP) is 4.23. The highest BCUT2D eigenvalue weighted by Gasteiger charge is 2.33. The fourth-order valence-electron chi connectivity index (χ4n) is 2.89. The highest BCUT2D eigenvalue weighted by atomic mass is 79.9. The highest BCUT2D eigenvalue weighted by Crippen LogP contribution is 2.36. The first kappa shape index (κ1) is 16.4. The molecule has 0 saturated carbocycles. The number of halogens is 1. The molecule has 1 aliphatic rings. The van der Waals surface area contributed by atoms with Gasteiger partial charge < -0.3 is 0 Å². The Kier molecular flexibility index (Phi) is 4.45. The number of benzene rings is 2. The van der Waals surface area contributed by atoms with E-state index >= 15 is 0 Å². The Morgan fingerprint density at radius 3 is 2.57 bits per heavy atom. The van der Waals surface area contributed by atoms with Gasteiger partial charge in [-0.05, 0) is 36.2 Å². The first-order valence-corrected chi connectivity index (χ1v) is 9.63. The van der Waals surface area contributed by atoms with E-state index in [4.69, 9.17) is 0 Å². The van der Waals surface area contributed by atoms with Gasteiger partial charge in [-0.2, -0.15) is 4.31 Å². The van der Waals surface area contributed by atoms with E-state index in [0.29, 0.717) is 18.0 Å². The Labute approximate surface area is 145 Å². The van der Waals surface area contributed by atoms with E-state index in [0.717, 1.165) is 21.2 Å². The summed E-state index contributed by atoms with van der Waals surface area (Å²) in [7, 11) is -3.52. The standard InChI is InChI=1S/C18H18BrNO2S/c1-3-14-11-20(12-17-16(14)5-4-6-18(17)19)23(21,22)15-9-7-13(2)8-10-15/h3-10,14H,1,11-12H2,2H3. The van der Waals surface area contributed by atoms with Crippen molar-refractivity contribution in [3.05, 3.63) is 76.3 Å². The second kappa shape index (κ2) is 6.23. The Bertz CT molecular complexity index is 844. The summed E-state index contributed by atoms with van der Waals surface area (Å²) >= 11 is 3.54. The summed E-state index contributed by atoms with van der Waals surface area (Å²) in [4.78, 5) is 0.335. The van der Waals surface area contributed by atoms with Crippen LogP contribution in [-0.4, -0.2) is 19.3 Å². The number of sulfonamides is 1. The van der Waals surface area contributed by atoms with E-state index in [1.807, 2.05) is 43.3 Å². The number of rotatable bonds is 3. The van der Waals surface area contributed by atoms with E-state index in [9.17, 15) is 8.42 Å². The largest absolute Gasteiger partial charge is 0.243 e. The van der Waals surface area contributed by atoms with Crippen LogP contribution in [0.4, 0.5) is 0 Å². The zero-order valence-corrected chi connectivity index (χ0v) is 15.3. The quantitative estimate of drug-likeness (QED) is 0.733. The van der Waals surface area contributed by atoms with Crippen molar-refractivity contribution in [1.29, 1.82) is 0 Å². The maximum absolute atomic E-state index is 13.0. The molecule has 120 valence electrons. The topological polar surface area (TPSA) is 37.4 Å². The molecule has 0 aliphatic carbocycles. The molecule has 0 bridgehead atoms. The maximum Gasteiger partial charge on any atom is 0.243 e. The minimum Gasteiger partial charge on any atom is -0.207 e.